The molecule has 3 aromatic rings. The van der Waals surface area contributed by atoms with Gasteiger partial charge in [0, 0.05) is 42.5 Å². The van der Waals surface area contributed by atoms with Crippen LogP contribution >= 0.6 is 0 Å². The summed E-state index contributed by atoms with van der Waals surface area (Å²) in [7, 11) is 1.18. The van der Waals surface area contributed by atoms with Gasteiger partial charge in [-0.25, -0.2) is 17.6 Å². The van der Waals surface area contributed by atoms with E-state index in [0.29, 0.717) is 36.2 Å². The third-order valence-electron chi connectivity index (χ3n) is 6.52. The van der Waals surface area contributed by atoms with E-state index in [0.717, 1.165) is 0 Å². The van der Waals surface area contributed by atoms with E-state index in [1.54, 1.807) is 6.07 Å². The first-order valence-electron chi connectivity index (χ1n) is 11.0. The van der Waals surface area contributed by atoms with Gasteiger partial charge in [-0.2, -0.15) is 0 Å². The van der Waals surface area contributed by atoms with Crippen molar-refractivity contribution in [3.63, 3.8) is 0 Å². The van der Waals surface area contributed by atoms with Gasteiger partial charge in [0.1, 0.15) is 28.8 Å². The summed E-state index contributed by atoms with van der Waals surface area (Å²) < 4.78 is 62.3. The van der Waals surface area contributed by atoms with Crippen molar-refractivity contribution >= 4 is 17.5 Å². The van der Waals surface area contributed by atoms with Crippen LogP contribution < -0.4 is 20.4 Å². The molecule has 3 heterocycles. The Bertz CT molecular complexity index is 1460. The van der Waals surface area contributed by atoms with E-state index >= 15 is 0 Å². The van der Waals surface area contributed by atoms with Crippen molar-refractivity contribution in [2.45, 2.75) is 25.4 Å². The lowest BCUT2D eigenvalue weighted by atomic mass is 10.0. The normalized spacial score (nSPS) is 16.2. The zero-order valence-corrected chi connectivity index (χ0v) is 18.9. The average molecular weight is 501 g/mol. The van der Waals surface area contributed by atoms with Gasteiger partial charge in [-0.15, -0.1) is 0 Å². The number of anilines is 1. The van der Waals surface area contributed by atoms with Crippen LogP contribution in [0.4, 0.5) is 23.2 Å². The molecular weight excluding hydrogens is 482 g/mol. The summed E-state index contributed by atoms with van der Waals surface area (Å²) in [4.78, 5) is 40.8. The van der Waals surface area contributed by atoms with Crippen molar-refractivity contribution in [1.82, 2.24) is 9.88 Å². The van der Waals surface area contributed by atoms with Crippen LogP contribution in [-0.2, 0) is 13.0 Å². The maximum Gasteiger partial charge on any atom is 0.279 e. The van der Waals surface area contributed by atoms with Crippen molar-refractivity contribution in [3.8, 4) is 5.75 Å². The van der Waals surface area contributed by atoms with Crippen molar-refractivity contribution in [2.24, 2.45) is 0 Å². The van der Waals surface area contributed by atoms with Crippen molar-refractivity contribution in [3.05, 3.63) is 92.4 Å². The number of amides is 2. The van der Waals surface area contributed by atoms with Gasteiger partial charge in [0.25, 0.3) is 11.8 Å². The number of methoxy groups -OCH3 is 1. The van der Waals surface area contributed by atoms with Gasteiger partial charge in [0.2, 0.25) is 5.43 Å². The van der Waals surface area contributed by atoms with Crippen LogP contribution in [0, 0.1) is 23.3 Å². The monoisotopic (exact) mass is 501 g/mol. The van der Waals surface area contributed by atoms with E-state index < -0.39 is 64.2 Å². The molecule has 0 spiro atoms. The number of carbonyl (C=O) groups excluding carboxylic acids is 2. The van der Waals surface area contributed by atoms with Gasteiger partial charge in [-0.3, -0.25) is 14.4 Å². The quantitative estimate of drug-likeness (QED) is 0.556. The molecule has 2 aromatic carbocycles. The fourth-order valence-electron chi connectivity index (χ4n) is 4.77. The minimum absolute atomic E-state index is 0.0805. The number of nitrogens with zero attached hydrogens (tertiary/aromatic N) is 2. The molecule has 5 rings (SSSR count). The van der Waals surface area contributed by atoms with Crippen LogP contribution in [0.3, 0.4) is 0 Å². The van der Waals surface area contributed by atoms with E-state index in [2.05, 4.69) is 5.32 Å². The van der Waals surface area contributed by atoms with Crippen LogP contribution in [0.5, 0.6) is 5.75 Å². The molecular formula is C25H19F4N3O4. The van der Waals surface area contributed by atoms with E-state index in [9.17, 15) is 31.9 Å². The molecule has 0 radical (unpaired) electrons. The number of halogens is 4. The molecule has 0 saturated heterocycles. The molecule has 2 aliphatic rings. The van der Waals surface area contributed by atoms with Crippen LogP contribution in [0.2, 0.25) is 0 Å². The number of aromatic nitrogens is 1. The summed E-state index contributed by atoms with van der Waals surface area (Å²) >= 11 is 0. The van der Waals surface area contributed by atoms with E-state index in [1.807, 2.05) is 0 Å². The predicted molar refractivity (Wildman–Crippen MR) is 120 cm³/mol. The molecule has 2 amide bonds. The number of hydrogen-bond donors (Lipinski definition) is 1. The number of pyridine rings is 1. The van der Waals surface area contributed by atoms with Gasteiger partial charge >= 0.3 is 0 Å². The van der Waals surface area contributed by atoms with E-state index in [-0.39, 0.29) is 18.0 Å². The van der Waals surface area contributed by atoms with Crippen molar-refractivity contribution in [1.29, 1.82) is 0 Å². The Hall–Kier alpha value is -4.15. The smallest absolute Gasteiger partial charge is 0.279 e. The van der Waals surface area contributed by atoms with Crippen molar-refractivity contribution in [2.75, 3.05) is 18.6 Å². The number of nitrogens with one attached hydrogen (secondary N) is 1. The predicted octanol–water partition coefficient (Wildman–Crippen LogP) is 3.49. The van der Waals surface area contributed by atoms with Crippen LogP contribution in [-0.4, -0.2) is 30.0 Å². The SMILES string of the molecule is COc1c2n(cc(C(=O)NCc3c(F)cc(F)cc3F)c1=O)[C@H]1CCc3c(F)cccc3N(C1)C2=O. The Kier molecular flexibility index (Phi) is 5.77. The highest BCUT2D eigenvalue weighted by atomic mass is 19.1. The van der Waals surface area contributed by atoms with Crippen LogP contribution in [0.25, 0.3) is 0 Å². The van der Waals surface area contributed by atoms with Gasteiger partial charge < -0.3 is 19.5 Å². The first-order valence-corrected chi connectivity index (χ1v) is 11.0. The van der Waals surface area contributed by atoms with E-state index in [1.165, 1.54) is 34.9 Å². The summed E-state index contributed by atoms with van der Waals surface area (Å²) in [6, 6.07) is 5.00. The van der Waals surface area contributed by atoms with Gasteiger partial charge in [0.15, 0.2) is 11.4 Å². The summed E-state index contributed by atoms with van der Waals surface area (Å²) in [6.07, 6.45) is 1.93. The van der Waals surface area contributed by atoms with Crippen LogP contribution in [0.1, 0.15) is 44.4 Å². The Morgan fingerprint density at radius 2 is 1.83 bits per heavy atom. The lowest BCUT2D eigenvalue weighted by Crippen LogP contribution is -2.45. The third kappa shape index (κ3) is 3.71. The molecule has 0 aliphatic carbocycles. The highest BCUT2D eigenvalue weighted by Crippen LogP contribution is 2.38. The molecule has 11 heteroatoms. The molecule has 186 valence electrons. The number of hydrogen-bond acceptors (Lipinski definition) is 4. The fraction of sp³-hybridized carbons (Fsp3) is 0.240. The van der Waals surface area contributed by atoms with E-state index in [4.69, 9.17) is 4.74 Å². The second-order valence-corrected chi connectivity index (χ2v) is 8.54. The molecule has 2 aliphatic heterocycles. The molecule has 1 aromatic heterocycles. The second kappa shape index (κ2) is 8.81. The Labute approximate surface area is 201 Å². The molecule has 7 nitrogen and oxygen atoms in total. The zero-order chi connectivity index (χ0) is 25.7. The first kappa shape index (κ1) is 23.6. The number of fused-ring (bicyclic) bond motifs is 6. The summed E-state index contributed by atoms with van der Waals surface area (Å²) in [5.41, 5.74) is -1.17. The van der Waals surface area contributed by atoms with Gasteiger partial charge in [0.05, 0.1) is 18.8 Å². The highest BCUT2D eigenvalue weighted by molar-refractivity contribution is 6.08. The van der Waals surface area contributed by atoms with Crippen LogP contribution in [0.15, 0.2) is 41.3 Å². The molecule has 0 fully saturated rings. The fourth-order valence-corrected chi connectivity index (χ4v) is 4.77. The Morgan fingerprint density at radius 3 is 2.53 bits per heavy atom. The summed E-state index contributed by atoms with van der Waals surface area (Å²) in [6.45, 7) is -0.466. The summed E-state index contributed by atoms with van der Waals surface area (Å²) in [5, 5.41) is 2.26. The molecule has 1 N–H and O–H groups in total. The maximum atomic E-state index is 14.5. The average Bonchev–Trinajstić information content (AvgIpc) is 3.00. The minimum atomic E-state index is -1.19. The standard InChI is InChI=1S/C25H19F4N3O4/c1-36-23-21-25(35)32-10-13(5-6-14-17(27)3-2-4-20(14)32)31(21)11-16(22(23)33)24(34)30-9-15-18(28)7-12(26)8-19(15)29/h2-4,7-8,11,13H,5-6,9-10H2,1H3,(H,30,34)/t13-/m0/s1. The maximum absolute atomic E-state index is 14.5. The molecule has 36 heavy (non-hydrogen) atoms. The highest BCUT2D eigenvalue weighted by Gasteiger charge is 2.39. The third-order valence-corrected chi connectivity index (χ3v) is 6.52. The molecule has 2 bridgehead atoms. The largest absolute Gasteiger partial charge is 0.491 e. The van der Waals surface area contributed by atoms with Gasteiger partial charge in [-0.1, -0.05) is 6.07 Å². The number of carbonyl (C=O) groups is 2. The molecule has 0 unspecified atom stereocenters. The number of benzene rings is 2. The first-order chi connectivity index (χ1) is 17.2. The minimum Gasteiger partial charge on any atom is -0.491 e. The Morgan fingerprint density at radius 1 is 1.11 bits per heavy atom. The second-order valence-electron chi connectivity index (χ2n) is 8.54. The molecule has 0 saturated carbocycles. The molecule has 1 atom stereocenters. The zero-order valence-electron chi connectivity index (χ0n) is 18.9. The summed E-state index contributed by atoms with van der Waals surface area (Å²) in [5.74, 6) is -5.86. The number of rotatable bonds is 4. The topological polar surface area (TPSA) is 80.6 Å². The van der Waals surface area contributed by atoms with Gasteiger partial charge in [-0.05, 0) is 25.0 Å². The lowest BCUT2D eigenvalue weighted by Gasteiger charge is -2.35. The lowest BCUT2D eigenvalue weighted by molar-refractivity contribution is 0.0929. The van der Waals surface area contributed by atoms with Crippen molar-refractivity contribution < 1.29 is 31.9 Å². The number of ether oxygens (including phenoxy) is 1. The Balaban J connectivity index is 1.54.